The topological polar surface area (TPSA) is 106 Å². The normalized spacial score (nSPS) is 11.7. The molecular weight excluding hydrogens is 260 g/mol. The molecule has 20 heavy (non-hydrogen) atoms. The maximum absolute atomic E-state index is 9.00. The zero-order valence-corrected chi connectivity index (χ0v) is 11.2. The number of aliphatic hydroxyl groups is 1. The van der Waals surface area contributed by atoms with E-state index in [0.717, 1.165) is 5.56 Å². The number of aryl methyl sites for hydroxylation is 2. The molecule has 0 fully saturated rings. The first-order chi connectivity index (χ1) is 9.56. The molecule has 7 heteroatoms. The van der Waals surface area contributed by atoms with E-state index in [4.69, 9.17) is 20.8 Å². The van der Waals surface area contributed by atoms with Crippen molar-refractivity contribution in [3.8, 4) is 11.6 Å². The molecule has 1 aromatic carbocycles. The van der Waals surface area contributed by atoms with Crippen molar-refractivity contribution in [3.63, 3.8) is 0 Å². The number of nitrogens with zero attached hydrogens (tertiary/aromatic N) is 3. The smallest absolute Gasteiger partial charge is 0.229 e. The number of hydrogen-bond acceptors (Lipinski definition) is 5. The lowest BCUT2D eigenvalue weighted by atomic mass is 10.2. The summed E-state index contributed by atoms with van der Waals surface area (Å²) in [6, 6.07) is 6.96. The highest BCUT2D eigenvalue weighted by atomic mass is 16.5. The Kier molecular flexibility index (Phi) is 3.90. The summed E-state index contributed by atoms with van der Waals surface area (Å²) in [5.41, 5.74) is 7.48. The molecule has 0 aliphatic carbocycles. The monoisotopic (exact) mass is 276 g/mol. The fourth-order valence-corrected chi connectivity index (χ4v) is 1.87. The van der Waals surface area contributed by atoms with E-state index >= 15 is 0 Å². The summed E-state index contributed by atoms with van der Waals surface area (Å²) in [7, 11) is 1.71. The molecule has 0 atom stereocenters. The molecule has 0 unspecified atom stereocenters. The van der Waals surface area contributed by atoms with E-state index in [1.165, 1.54) is 4.68 Å². The molecule has 0 radical (unpaired) electrons. The number of hydrogen-bond donors (Lipinski definition) is 3. The second-order valence-corrected chi connectivity index (χ2v) is 4.28. The van der Waals surface area contributed by atoms with Crippen molar-refractivity contribution in [2.24, 2.45) is 17.9 Å². The van der Waals surface area contributed by atoms with E-state index in [1.54, 1.807) is 38.2 Å². The highest BCUT2D eigenvalue weighted by Crippen LogP contribution is 2.27. The number of nitrogens with two attached hydrogens (primary N) is 1. The first kappa shape index (κ1) is 13.9. The molecule has 1 aromatic heterocycles. The van der Waals surface area contributed by atoms with Gasteiger partial charge in [-0.2, -0.15) is 5.10 Å². The second-order valence-electron chi connectivity index (χ2n) is 4.28. The van der Waals surface area contributed by atoms with Crippen molar-refractivity contribution in [3.05, 3.63) is 41.1 Å². The number of rotatable bonds is 4. The van der Waals surface area contributed by atoms with E-state index in [2.05, 4.69) is 10.3 Å². The minimum absolute atomic E-state index is 0.0273. The van der Waals surface area contributed by atoms with Gasteiger partial charge in [0.15, 0.2) is 5.84 Å². The fraction of sp³-hybridized carbons (Fsp3) is 0.231. The van der Waals surface area contributed by atoms with Gasteiger partial charge in [-0.15, -0.1) is 0 Å². The Balaban J connectivity index is 2.37. The van der Waals surface area contributed by atoms with Gasteiger partial charge in [0.25, 0.3) is 0 Å². The summed E-state index contributed by atoms with van der Waals surface area (Å²) in [5.74, 6) is 0.893. The molecular formula is C13H16N4O3. The number of oxime groups is 1. The molecule has 0 spiro atoms. The number of aliphatic hydroxyl groups excluding tert-OH is 1. The molecule has 0 aliphatic rings. The van der Waals surface area contributed by atoms with Gasteiger partial charge in [0.2, 0.25) is 5.88 Å². The van der Waals surface area contributed by atoms with Crippen LogP contribution in [0.15, 0.2) is 29.4 Å². The number of benzene rings is 1. The van der Waals surface area contributed by atoms with Gasteiger partial charge in [0, 0.05) is 7.05 Å². The summed E-state index contributed by atoms with van der Waals surface area (Å²) in [6.45, 7) is 1.72. The maximum atomic E-state index is 9.00. The quantitative estimate of drug-likeness (QED) is 0.336. The van der Waals surface area contributed by atoms with Crippen molar-refractivity contribution in [1.29, 1.82) is 0 Å². The van der Waals surface area contributed by atoms with Gasteiger partial charge in [-0.05, 0) is 24.6 Å². The highest BCUT2D eigenvalue weighted by molar-refractivity contribution is 6.00. The van der Waals surface area contributed by atoms with Crippen molar-refractivity contribution < 1.29 is 15.1 Å². The molecule has 0 amide bonds. The standard InChI is InChI=1S/C13H16N4O3/c1-8-11(12(14)16-19)13(17(2)15-8)20-10-5-3-9(7-18)4-6-10/h3-6,18-19H,7H2,1-2H3,(H2,14,16). The number of ether oxygens (including phenoxy) is 1. The predicted molar refractivity (Wildman–Crippen MR) is 72.9 cm³/mol. The summed E-state index contributed by atoms with van der Waals surface area (Å²) in [6.07, 6.45) is 0. The molecule has 2 rings (SSSR count). The maximum Gasteiger partial charge on any atom is 0.229 e. The summed E-state index contributed by atoms with van der Waals surface area (Å²) in [5, 5.41) is 25.0. The van der Waals surface area contributed by atoms with Crippen LogP contribution >= 0.6 is 0 Å². The van der Waals surface area contributed by atoms with Gasteiger partial charge < -0.3 is 20.8 Å². The largest absolute Gasteiger partial charge is 0.439 e. The van der Waals surface area contributed by atoms with Gasteiger partial charge in [-0.3, -0.25) is 0 Å². The molecule has 2 aromatic rings. The van der Waals surface area contributed by atoms with Crippen LogP contribution in [0.5, 0.6) is 11.6 Å². The van der Waals surface area contributed by atoms with Crippen LogP contribution in [-0.2, 0) is 13.7 Å². The Morgan fingerprint density at radius 1 is 1.40 bits per heavy atom. The van der Waals surface area contributed by atoms with Crippen LogP contribution in [0.25, 0.3) is 0 Å². The summed E-state index contributed by atoms with van der Waals surface area (Å²) in [4.78, 5) is 0. The minimum atomic E-state index is -0.0578. The zero-order valence-electron chi connectivity index (χ0n) is 11.2. The van der Waals surface area contributed by atoms with Crippen LogP contribution in [0.4, 0.5) is 0 Å². The van der Waals surface area contributed by atoms with Crippen LogP contribution in [0.2, 0.25) is 0 Å². The van der Waals surface area contributed by atoms with Crippen molar-refractivity contribution in [2.75, 3.05) is 0 Å². The average molecular weight is 276 g/mol. The van der Waals surface area contributed by atoms with Gasteiger partial charge in [0.05, 0.1) is 12.3 Å². The fourth-order valence-electron chi connectivity index (χ4n) is 1.87. The SMILES string of the molecule is Cc1nn(C)c(Oc2ccc(CO)cc2)c1C(N)=NO. The van der Waals surface area contributed by atoms with Crippen LogP contribution in [0.1, 0.15) is 16.8 Å². The number of amidine groups is 1. The highest BCUT2D eigenvalue weighted by Gasteiger charge is 2.19. The molecule has 0 saturated carbocycles. The van der Waals surface area contributed by atoms with Gasteiger partial charge in [-0.25, -0.2) is 4.68 Å². The third-order valence-corrected chi connectivity index (χ3v) is 2.85. The first-order valence-electron chi connectivity index (χ1n) is 5.96. The van der Waals surface area contributed by atoms with Crippen molar-refractivity contribution in [2.45, 2.75) is 13.5 Å². The van der Waals surface area contributed by atoms with Gasteiger partial charge in [0.1, 0.15) is 11.3 Å². The Morgan fingerprint density at radius 3 is 2.60 bits per heavy atom. The molecule has 7 nitrogen and oxygen atoms in total. The Morgan fingerprint density at radius 2 is 2.05 bits per heavy atom. The van der Waals surface area contributed by atoms with Gasteiger partial charge >= 0.3 is 0 Å². The molecule has 0 saturated heterocycles. The first-order valence-corrected chi connectivity index (χ1v) is 5.96. The zero-order chi connectivity index (χ0) is 14.7. The lowest BCUT2D eigenvalue weighted by Gasteiger charge is -2.08. The van der Waals surface area contributed by atoms with Crippen molar-refractivity contribution in [1.82, 2.24) is 9.78 Å². The summed E-state index contributed by atoms with van der Waals surface area (Å²) < 4.78 is 7.25. The Hall–Kier alpha value is -2.54. The van der Waals surface area contributed by atoms with Gasteiger partial charge in [-0.1, -0.05) is 17.3 Å². The molecule has 0 aliphatic heterocycles. The van der Waals surface area contributed by atoms with E-state index in [9.17, 15) is 0 Å². The van der Waals surface area contributed by atoms with Crippen LogP contribution in [0, 0.1) is 6.92 Å². The van der Waals surface area contributed by atoms with E-state index < -0.39 is 0 Å². The Bertz CT molecular complexity index is 632. The van der Waals surface area contributed by atoms with Crippen LogP contribution < -0.4 is 10.5 Å². The third kappa shape index (κ3) is 2.57. The second kappa shape index (κ2) is 5.62. The lowest BCUT2D eigenvalue weighted by molar-refractivity contribution is 0.281. The molecule has 106 valence electrons. The van der Waals surface area contributed by atoms with Crippen LogP contribution in [-0.4, -0.2) is 25.9 Å². The summed E-state index contributed by atoms with van der Waals surface area (Å²) >= 11 is 0. The van der Waals surface area contributed by atoms with Crippen LogP contribution in [0.3, 0.4) is 0 Å². The van der Waals surface area contributed by atoms with E-state index in [1.807, 2.05) is 0 Å². The lowest BCUT2D eigenvalue weighted by Crippen LogP contribution is -2.15. The Labute approximate surface area is 115 Å². The van der Waals surface area contributed by atoms with E-state index in [0.29, 0.717) is 22.9 Å². The predicted octanol–water partition coefficient (Wildman–Crippen LogP) is 1.11. The minimum Gasteiger partial charge on any atom is -0.439 e. The third-order valence-electron chi connectivity index (χ3n) is 2.85. The average Bonchev–Trinajstić information content (AvgIpc) is 2.73. The van der Waals surface area contributed by atoms with E-state index in [-0.39, 0.29) is 12.4 Å². The van der Waals surface area contributed by atoms with Crippen molar-refractivity contribution >= 4 is 5.84 Å². The molecule has 4 N–H and O–H groups in total. The molecule has 0 bridgehead atoms. The number of aromatic nitrogens is 2. The molecule has 1 heterocycles.